The van der Waals surface area contributed by atoms with Gasteiger partial charge in [-0.1, -0.05) is 43.7 Å². The van der Waals surface area contributed by atoms with Crippen molar-refractivity contribution < 1.29 is 40.6 Å². The van der Waals surface area contributed by atoms with E-state index in [-0.39, 0.29) is 6.42 Å². The Hall–Kier alpha value is -1.77. The minimum atomic E-state index is -5.32. The van der Waals surface area contributed by atoms with Crippen LogP contribution >= 0.6 is 0 Å². The van der Waals surface area contributed by atoms with Crippen LogP contribution in [0.2, 0.25) is 0 Å². The summed E-state index contributed by atoms with van der Waals surface area (Å²) in [7, 11) is 0.587. The van der Waals surface area contributed by atoms with Gasteiger partial charge in [-0.2, -0.15) is 26.3 Å². The first kappa shape index (κ1) is 20.3. The molecule has 0 aromatic heterocycles. The summed E-state index contributed by atoms with van der Waals surface area (Å²) in [4.78, 5) is 12.1. The second-order valence-corrected chi connectivity index (χ2v) is 4.97. The van der Waals surface area contributed by atoms with Gasteiger partial charge in [-0.3, -0.25) is 0 Å². The maximum atomic E-state index is 13.5. The van der Waals surface area contributed by atoms with E-state index < -0.39 is 42.0 Å². The molecule has 0 radical (unpaired) electrons. The average molecular weight is 358 g/mol. The molecule has 0 saturated heterocycles. The number of carbonyl (C=O) groups excluding carboxylic acids is 1. The van der Waals surface area contributed by atoms with Crippen LogP contribution in [0.5, 0.6) is 0 Å². The molecule has 0 spiro atoms. The molecule has 136 valence electrons. The third-order valence-electron chi connectivity index (χ3n) is 3.34. The molecular weight excluding hydrogens is 342 g/mol. The van der Waals surface area contributed by atoms with Crippen molar-refractivity contribution in [3.8, 4) is 0 Å². The van der Waals surface area contributed by atoms with E-state index in [4.69, 9.17) is 0 Å². The normalized spacial score (nSPS) is 16.3. The topological polar surface area (TPSA) is 35.5 Å². The fraction of sp³-hybridized carbons (Fsp3) is 0.533. The van der Waals surface area contributed by atoms with Crippen LogP contribution in [0, 0.1) is 0 Å². The lowest BCUT2D eigenvalue weighted by Crippen LogP contribution is -2.53. The molecule has 0 bridgehead atoms. The largest absolute Gasteiger partial charge is 0.450 e. The van der Waals surface area contributed by atoms with Gasteiger partial charge in [0.25, 0.3) is 5.60 Å². The van der Waals surface area contributed by atoms with Crippen molar-refractivity contribution in [2.45, 2.75) is 43.8 Å². The molecule has 0 aliphatic heterocycles. The smallest absolute Gasteiger partial charge is 0.432 e. The minimum absolute atomic E-state index is 0.0329. The molecular formula is C15H16F6O3. The van der Waals surface area contributed by atoms with Crippen molar-refractivity contribution in [1.29, 1.82) is 0 Å². The molecule has 1 aromatic rings. The number of hydrogen-bond donors (Lipinski definition) is 0. The summed E-state index contributed by atoms with van der Waals surface area (Å²) >= 11 is 0. The molecule has 2 atom stereocenters. The molecule has 0 aliphatic rings. The van der Waals surface area contributed by atoms with Crippen LogP contribution in [0.25, 0.3) is 0 Å². The quantitative estimate of drug-likeness (QED) is 0.560. The Morgan fingerprint density at radius 3 is 2.00 bits per heavy atom. The Bertz CT molecular complexity index is 540. The number of esters is 1. The Labute approximate surface area is 134 Å². The van der Waals surface area contributed by atoms with Gasteiger partial charge in [-0.05, 0) is 6.42 Å². The van der Waals surface area contributed by atoms with Crippen molar-refractivity contribution in [3.05, 3.63) is 35.9 Å². The van der Waals surface area contributed by atoms with Gasteiger partial charge in [0.1, 0.15) is 0 Å². The lowest BCUT2D eigenvalue weighted by Gasteiger charge is -2.34. The van der Waals surface area contributed by atoms with Crippen LogP contribution in [0.15, 0.2) is 30.3 Å². The summed E-state index contributed by atoms with van der Waals surface area (Å²) in [6.45, 7) is 1.39. The van der Waals surface area contributed by atoms with Gasteiger partial charge < -0.3 is 9.47 Å². The molecule has 24 heavy (non-hydrogen) atoms. The molecule has 3 nitrogen and oxygen atoms in total. The van der Waals surface area contributed by atoms with Crippen LogP contribution < -0.4 is 0 Å². The second kappa shape index (κ2) is 7.42. The lowest BCUT2D eigenvalue weighted by molar-refractivity contribution is -0.288. The van der Waals surface area contributed by atoms with Crippen molar-refractivity contribution in [1.82, 2.24) is 0 Å². The van der Waals surface area contributed by atoms with Gasteiger partial charge in [0.05, 0.1) is 0 Å². The van der Waals surface area contributed by atoms with E-state index in [0.717, 1.165) is 12.1 Å². The predicted octanol–water partition coefficient (Wildman–Crippen LogP) is 4.36. The summed E-state index contributed by atoms with van der Waals surface area (Å²) < 4.78 is 87.7. The zero-order valence-electron chi connectivity index (χ0n) is 12.9. The number of alkyl halides is 6. The monoisotopic (exact) mass is 358 g/mol. The second-order valence-electron chi connectivity index (χ2n) is 4.97. The van der Waals surface area contributed by atoms with Gasteiger partial charge >= 0.3 is 18.3 Å². The highest BCUT2D eigenvalue weighted by Crippen LogP contribution is 2.44. The van der Waals surface area contributed by atoms with Crippen LogP contribution in [0.1, 0.15) is 25.3 Å². The predicted molar refractivity (Wildman–Crippen MR) is 72.0 cm³/mol. The molecule has 0 aliphatic carbocycles. The standard InChI is InChI=1S/C15H16F6O3/c1-3-7-11(14(16,17)18)24-12(22)13(23-2,15(19,20)21)10-8-5-4-6-9-10/h4-6,8-9,11H,3,7H2,1-2H3/t11-,13+/m1/s1. The van der Waals surface area contributed by atoms with Crippen LogP contribution in [-0.2, 0) is 19.9 Å². The van der Waals surface area contributed by atoms with Gasteiger partial charge in [-0.15, -0.1) is 0 Å². The molecule has 1 rings (SSSR count). The first-order chi connectivity index (χ1) is 11.0. The fourth-order valence-corrected chi connectivity index (χ4v) is 2.15. The van der Waals surface area contributed by atoms with Gasteiger partial charge in [-0.25, -0.2) is 4.79 Å². The Morgan fingerprint density at radius 1 is 1.08 bits per heavy atom. The molecule has 0 saturated carbocycles. The van der Waals surface area contributed by atoms with Crippen molar-refractivity contribution >= 4 is 5.97 Å². The minimum Gasteiger partial charge on any atom is -0.450 e. The summed E-state index contributed by atoms with van der Waals surface area (Å²) in [6.07, 6.45) is -13.6. The third-order valence-corrected chi connectivity index (χ3v) is 3.34. The zero-order valence-corrected chi connectivity index (χ0v) is 12.9. The highest BCUT2D eigenvalue weighted by atomic mass is 19.4. The fourth-order valence-electron chi connectivity index (χ4n) is 2.15. The van der Waals surface area contributed by atoms with Gasteiger partial charge in [0.2, 0.25) is 0 Å². The van der Waals surface area contributed by atoms with E-state index >= 15 is 0 Å². The number of methoxy groups -OCH3 is 1. The zero-order chi connectivity index (χ0) is 18.6. The molecule has 9 heteroatoms. The maximum Gasteiger partial charge on any atom is 0.432 e. The summed E-state index contributed by atoms with van der Waals surface area (Å²) in [6, 6.07) is 5.66. The van der Waals surface area contributed by atoms with E-state index in [2.05, 4.69) is 9.47 Å². The highest BCUT2D eigenvalue weighted by molar-refractivity contribution is 5.82. The third kappa shape index (κ3) is 4.00. The van der Waals surface area contributed by atoms with E-state index in [0.29, 0.717) is 7.11 Å². The van der Waals surface area contributed by atoms with Crippen molar-refractivity contribution in [2.75, 3.05) is 7.11 Å². The number of hydrogen-bond acceptors (Lipinski definition) is 3. The number of carbonyl (C=O) groups is 1. The maximum absolute atomic E-state index is 13.5. The van der Waals surface area contributed by atoms with Gasteiger partial charge in [0, 0.05) is 12.7 Å². The first-order valence-electron chi connectivity index (χ1n) is 6.95. The molecule has 0 unspecified atom stereocenters. The number of ether oxygens (including phenoxy) is 2. The first-order valence-corrected chi connectivity index (χ1v) is 6.95. The lowest BCUT2D eigenvalue weighted by atomic mass is 9.92. The van der Waals surface area contributed by atoms with E-state index in [1.807, 2.05) is 0 Å². The van der Waals surface area contributed by atoms with Gasteiger partial charge in [0.15, 0.2) is 6.10 Å². The Balaban J connectivity index is 3.33. The van der Waals surface area contributed by atoms with Crippen molar-refractivity contribution in [2.24, 2.45) is 0 Å². The SMILES string of the molecule is CCC[C@@H](OC(=O)[C@@](OC)(c1ccccc1)C(F)(F)F)C(F)(F)F. The van der Waals surface area contributed by atoms with E-state index in [1.165, 1.54) is 25.1 Å². The molecule has 1 aromatic carbocycles. The molecule has 0 heterocycles. The highest BCUT2D eigenvalue weighted by Gasteiger charge is 2.65. The number of benzene rings is 1. The molecule has 0 amide bonds. The van der Waals surface area contributed by atoms with E-state index in [9.17, 15) is 31.1 Å². The summed E-state index contributed by atoms with van der Waals surface area (Å²) in [5.41, 5.74) is -4.30. The molecule has 0 N–H and O–H groups in total. The van der Waals surface area contributed by atoms with E-state index in [1.54, 1.807) is 0 Å². The Kier molecular flexibility index (Phi) is 6.26. The van der Waals surface area contributed by atoms with Crippen molar-refractivity contribution in [3.63, 3.8) is 0 Å². The average Bonchev–Trinajstić information content (AvgIpc) is 2.46. The van der Waals surface area contributed by atoms with Crippen LogP contribution in [-0.4, -0.2) is 31.5 Å². The number of rotatable bonds is 6. The summed E-state index contributed by atoms with van der Waals surface area (Å²) in [5.74, 6) is -2.15. The number of halogens is 6. The molecule has 0 fully saturated rings. The van der Waals surface area contributed by atoms with Crippen LogP contribution in [0.3, 0.4) is 0 Å². The summed E-state index contributed by atoms with van der Waals surface area (Å²) in [5, 5.41) is 0. The Morgan fingerprint density at radius 2 is 1.62 bits per heavy atom. The van der Waals surface area contributed by atoms with Crippen LogP contribution in [0.4, 0.5) is 26.3 Å².